The summed E-state index contributed by atoms with van der Waals surface area (Å²) < 4.78 is 5.00. The Hall–Kier alpha value is -2.45. The highest BCUT2D eigenvalue weighted by Gasteiger charge is 2.18. The number of anilines is 1. The molecule has 8 heteroatoms. The summed E-state index contributed by atoms with van der Waals surface area (Å²) in [5.41, 5.74) is 3.78. The molecule has 194 valence electrons. The molecule has 0 spiro atoms. The van der Waals surface area contributed by atoms with Crippen molar-refractivity contribution in [2.75, 3.05) is 38.3 Å². The van der Waals surface area contributed by atoms with Crippen LogP contribution in [-0.4, -0.2) is 61.2 Å². The average Bonchev–Trinajstić information content (AvgIpc) is 3.34. The number of carbonyl (C=O) groups excluding carboxylic acids is 1. The van der Waals surface area contributed by atoms with Crippen LogP contribution in [0.2, 0.25) is 5.02 Å². The third kappa shape index (κ3) is 8.03. The van der Waals surface area contributed by atoms with E-state index in [1.807, 2.05) is 48.5 Å². The van der Waals surface area contributed by atoms with Gasteiger partial charge in [0.2, 0.25) is 0 Å². The first-order valence-corrected chi connectivity index (χ1v) is 13.6. The van der Waals surface area contributed by atoms with E-state index in [1.54, 1.807) is 18.4 Å². The predicted octanol–water partition coefficient (Wildman–Crippen LogP) is 5.97. The van der Waals surface area contributed by atoms with Crippen LogP contribution in [0.4, 0.5) is 5.13 Å². The van der Waals surface area contributed by atoms with E-state index >= 15 is 0 Å². The van der Waals surface area contributed by atoms with Crippen LogP contribution in [0.25, 0.3) is 11.3 Å². The fourth-order valence-electron chi connectivity index (χ4n) is 4.10. The molecule has 1 aromatic heterocycles. The van der Waals surface area contributed by atoms with Gasteiger partial charge >= 0.3 is 0 Å². The topological polar surface area (TPSA) is 57.7 Å². The van der Waals surface area contributed by atoms with E-state index in [4.69, 9.17) is 21.3 Å². The lowest BCUT2D eigenvalue weighted by Gasteiger charge is -2.33. The lowest BCUT2D eigenvalue weighted by atomic mass is 10.1. The molecule has 0 unspecified atom stereocenters. The van der Waals surface area contributed by atoms with Gasteiger partial charge in [-0.2, -0.15) is 0 Å². The Morgan fingerprint density at radius 2 is 1.69 bits per heavy atom. The number of methoxy groups -OCH3 is 1. The van der Waals surface area contributed by atoms with E-state index in [0.717, 1.165) is 35.0 Å². The lowest BCUT2D eigenvalue weighted by Crippen LogP contribution is -2.42. The fourth-order valence-corrected chi connectivity index (χ4v) is 5.09. The second kappa shape index (κ2) is 13.7. The van der Waals surface area contributed by atoms with Gasteiger partial charge in [0.15, 0.2) is 5.13 Å². The van der Waals surface area contributed by atoms with Crippen molar-refractivity contribution in [1.82, 2.24) is 15.2 Å². The third-order valence-electron chi connectivity index (χ3n) is 6.04. The van der Waals surface area contributed by atoms with Crippen molar-refractivity contribution >= 4 is 34.0 Å². The first-order chi connectivity index (χ1) is 17.3. The Morgan fingerprint density at radius 1 is 1.03 bits per heavy atom. The molecule has 0 bridgehead atoms. The van der Waals surface area contributed by atoms with Gasteiger partial charge in [0.05, 0.1) is 12.3 Å². The Balaban J connectivity index is 1.78. The molecule has 1 N–H and O–H groups in total. The van der Waals surface area contributed by atoms with Crippen molar-refractivity contribution in [1.29, 1.82) is 0 Å². The van der Waals surface area contributed by atoms with Crippen LogP contribution in [0.3, 0.4) is 0 Å². The number of amides is 1. The molecule has 0 aliphatic rings. The largest absolute Gasteiger partial charge is 0.383 e. The number of nitrogens with one attached hydrogen (secondary N) is 1. The molecule has 3 aromatic rings. The molecular formula is C28H37ClN4O2S. The molecule has 1 heterocycles. The molecule has 0 saturated heterocycles. The zero-order valence-corrected chi connectivity index (χ0v) is 23.4. The van der Waals surface area contributed by atoms with Gasteiger partial charge in [0.25, 0.3) is 5.91 Å². The second-order valence-electron chi connectivity index (χ2n) is 9.31. The molecule has 1 amide bonds. The number of thiazole rings is 1. The van der Waals surface area contributed by atoms with Crippen molar-refractivity contribution in [2.24, 2.45) is 0 Å². The van der Waals surface area contributed by atoms with E-state index < -0.39 is 0 Å². The highest BCUT2D eigenvalue weighted by atomic mass is 35.5. The maximum Gasteiger partial charge on any atom is 0.251 e. The minimum absolute atomic E-state index is 0.0903. The maximum absolute atomic E-state index is 12.3. The van der Waals surface area contributed by atoms with Crippen LogP contribution in [0.15, 0.2) is 53.9 Å². The van der Waals surface area contributed by atoms with E-state index in [9.17, 15) is 4.79 Å². The van der Waals surface area contributed by atoms with Gasteiger partial charge < -0.3 is 15.0 Å². The number of carbonyl (C=O) groups is 1. The van der Waals surface area contributed by atoms with Gasteiger partial charge in [-0.25, -0.2) is 4.98 Å². The lowest BCUT2D eigenvalue weighted by molar-refractivity contribution is 0.0937. The minimum atomic E-state index is -0.0903. The molecule has 0 aliphatic heterocycles. The third-order valence-corrected chi connectivity index (χ3v) is 7.19. The Morgan fingerprint density at radius 3 is 2.31 bits per heavy atom. The zero-order valence-electron chi connectivity index (χ0n) is 21.8. The van der Waals surface area contributed by atoms with Gasteiger partial charge in [0, 0.05) is 66.9 Å². The van der Waals surface area contributed by atoms with Gasteiger partial charge in [-0.3, -0.25) is 9.69 Å². The predicted molar refractivity (Wildman–Crippen MR) is 151 cm³/mol. The maximum atomic E-state index is 12.3. The Kier molecular flexibility index (Phi) is 10.7. The van der Waals surface area contributed by atoms with Crippen LogP contribution in [0, 0.1) is 0 Å². The van der Waals surface area contributed by atoms with Crippen LogP contribution in [0.1, 0.15) is 43.6 Å². The minimum Gasteiger partial charge on any atom is -0.383 e. The monoisotopic (exact) mass is 528 g/mol. The number of aromatic nitrogens is 1. The first kappa shape index (κ1) is 28.1. The second-order valence-corrected chi connectivity index (χ2v) is 10.6. The summed E-state index contributed by atoms with van der Waals surface area (Å²) in [7, 11) is 1.62. The fraction of sp³-hybridized carbons (Fsp3) is 0.429. The van der Waals surface area contributed by atoms with Gasteiger partial charge in [-0.05, 0) is 57.5 Å². The zero-order chi connectivity index (χ0) is 26.1. The molecule has 0 atom stereocenters. The molecule has 0 aliphatic carbocycles. The number of ether oxygens (including phenoxy) is 1. The van der Waals surface area contributed by atoms with Gasteiger partial charge in [-0.15, -0.1) is 11.3 Å². The van der Waals surface area contributed by atoms with Crippen molar-refractivity contribution in [2.45, 2.75) is 46.3 Å². The van der Waals surface area contributed by atoms with Crippen LogP contribution in [-0.2, 0) is 11.3 Å². The van der Waals surface area contributed by atoms with Crippen molar-refractivity contribution in [3.8, 4) is 11.3 Å². The number of hydrogen-bond acceptors (Lipinski definition) is 6. The van der Waals surface area contributed by atoms with Gasteiger partial charge in [0.1, 0.15) is 0 Å². The van der Waals surface area contributed by atoms with E-state index in [2.05, 4.69) is 48.2 Å². The van der Waals surface area contributed by atoms with Crippen molar-refractivity contribution < 1.29 is 9.53 Å². The molecule has 6 nitrogen and oxygen atoms in total. The number of nitrogens with zero attached hydrogens (tertiary/aromatic N) is 3. The van der Waals surface area contributed by atoms with Crippen molar-refractivity contribution in [3.05, 3.63) is 70.1 Å². The summed E-state index contributed by atoms with van der Waals surface area (Å²) >= 11 is 7.72. The highest BCUT2D eigenvalue weighted by Crippen LogP contribution is 2.29. The average molecular weight is 529 g/mol. The number of rotatable bonds is 13. The van der Waals surface area contributed by atoms with Crippen molar-refractivity contribution in [3.63, 3.8) is 0 Å². The summed E-state index contributed by atoms with van der Waals surface area (Å²) in [6, 6.07) is 16.5. The molecule has 3 rings (SSSR count). The molecule has 0 fully saturated rings. The quantitative estimate of drug-likeness (QED) is 0.277. The normalized spacial score (nSPS) is 11.5. The summed E-state index contributed by atoms with van der Waals surface area (Å²) in [6.45, 7) is 12.4. The molecule has 0 saturated carbocycles. The number of hydrogen-bond donors (Lipinski definition) is 1. The molecule has 0 radical (unpaired) electrons. The van der Waals surface area contributed by atoms with Crippen LogP contribution < -0.4 is 10.2 Å². The van der Waals surface area contributed by atoms with E-state index in [-0.39, 0.29) is 5.91 Å². The summed E-state index contributed by atoms with van der Waals surface area (Å²) in [4.78, 5) is 22.1. The number of halogens is 1. The van der Waals surface area contributed by atoms with E-state index in [0.29, 0.717) is 42.4 Å². The smallest absolute Gasteiger partial charge is 0.251 e. The van der Waals surface area contributed by atoms with Gasteiger partial charge in [-0.1, -0.05) is 35.9 Å². The Labute approximate surface area is 224 Å². The molecule has 2 aromatic carbocycles. The molecular weight excluding hydrogens is 492 g/mol. The van der Waals surface area contributed by atoms with E-state index in [1.165, 1.54) is 0 Å². The highest BCUT2D eigenvalue weighted by molar-refractivity contribution is 7.14. The van der Waals surface area contributed by atoms with Crippen LogP contribution in [0.5, 0.6) is 0 Å². The summed E-state index contributed by atoms with van der Waals surface area (Å²) in [6.07, 6.45) is 0. The first-order valence-electron chi connectivity index (χ1n) is 12.4. The SMILES string of the molecule is COCCNC(=O)c1ccc(CN(CCN(C(C)C)C(C)C)c2nc(-c3ccc(Cl)cc3)cs2)cc1. The number of benzene rings is 2. The Bertz CT molecular complexity index is 1080. The summed E-state index contributed by atoms with van der Waals surface area (Å²) in [5, 5.41) is 6.66. The summed E-state index contributed by atoms with van der Waals surface area (Å²) in [5.74, 6) is -0.0903. The molecule has 36 heavy (non-hydrogen) atoms. The van der Waals surface area contributed by atoms with Crippen LogP contribution >= 0.6 is 22.9 Å². The standard InChI is InChI=1S/C28H37ClN4O2S/c1-20(2)33(21(3)4)16-15-32(28-31-26(19-36-28)23-10-12-25(29)13-11-23)18-22-6-8-24(9-7-22)27(34)30-14-17-35-5/h6-13,19-21H,14-18H2,1-5H3,(H,30,34).